The first-order chi connectivity index (χ1) is 7.47. The van der Waals surface area contributed by atoms with Gasteiger partial charge in [0.15, 0.2) is 0 Å². The third-order valence-electron chi connectivity index (χ3n) is 2.51. The lowest BCUT2D eigenvalue weighted by Crippen LogP contribution is -2.26. The largest absolute Gasteiger partial charge is 0.337 e. The highest BCUT2D eigenvalue weighted by molar-refractivity contribution is 7.87. The number of H-pyrrole nitrogens is 1. The summed E-state index contributed by atoms with van der Waals surface area (Å²) in [6, 6.07) is 0. The van der Waals surface area contributed by atoms with Crippen LogP contribution in [0.25, 0.3) is 0 Å². The summed E-state index contributed by atoms with van der Waals surface area (Å²) >= 11 is 0. The van der Waals surface area contributed by atoms with Crippen molar-refractivity contribution in [2.45, 2.75) is 18.2 Å². The summed E-state index contributed by atoms with van der Waals surface area (Å²) in [6.07, 6.45) is 2.85. The Morgan fingerprint density at radius 1 is 1.62 bits per heavy atom. The molecule has 1 saturated heterocycles. The Bertz CT molecular complexity index is 485. The summed E-state index contributed by atoms with van der Waals surface area (Å²) in [6.45, 7) is 0.157. The molecule has 0 saturated carbocycles. The molecule has 1 aliphatic heterocycles. The van der Waals surface area contributed by atoms with Crippen LogP contribution in [0.2, 0.25) is 0 Å². The zero-order valence-electron chi connectivity index (χ0n) is 8.26. The third-order valence-corrected chi connectivity index (χ3v) is 3.62. The SMILES string of the molecule is O=C1CC(S(=O)(=O)F)CN1Cc1cn[nH]c1. The molecule has 2 heterocycles. The van der Waals surface area contributed by atoms with Gasteiger partial charge in [0.25, 0.3) is 0 Å². The number of nitrogens with zero attached hydrogens (tertiary/aromatic N) is 2. The van der Waals surface area contributed by atoms with Crippen molar-refractivity contribution in [3.05, 3.63) is 18.0 Å². The average molecular weight is 247 g/mol. The molecule has 0 bridgehead atoms. The number of halogens is 1. The van der Waals surface area contributed by atoms with E-state index in [9.17, 15) is 17.1 Å². The molecule has 16 heavy (non-hydrogen) atoms. The van der Waals surface area contributed by atoms with Gasteiger partial charge in [0.2, 0.25) is 5.91 Å². The number of rotatable bonds is 3. The van der Waals surface area contributed by atoms with Crippen LogP contribution >= 0.6 is 0 Å². The van der Waals surface area contributed by atoms with Crippen LogP contribution in [0, 0.1) is 0 Å². The second-order valence-electron chi connectivity index (χ2n) is 3.68. The summed E-state index contributed by atoms with van der Waals surface area (Å²) in [5.41, 5.74) is 0.755. The molecule has 88 valence electrons. The molecule has 1 unspecified atom stereocenters. The van der Waals surface area contributed by atoms with Crippen LogP contribution in [0.15, 0.2) is 12.4 Å². The lowest BCUT2D eigenvalue weighted by molar-refractivity contribution is -0.128. The Morgan fingerprint density at radius 3 is 2.88 bits per heavy atom. The van der Waals surface area contributed by atoms with E-state index in [2.05, 4.69) is 10.2 Å². The topological polar surface area (TPSA) is 83.1 Å². The fraction of sp³-hybridized carbons (Fsp3) is 0.500. The summed E-state index contributed by atoms with van der Waals surface area (Å²) in [5, 5.41) is 5.05. The zero-order valence-corrected chi connectivity index (χ0v) is 9.08. The van der Waals surface area contributed by atoms with Crippen molar-refractivity contribution in [1.29, 1.82) is 0 Å². The molecular weight excluding hydrogens is 237 g/mol. The molecule has 0 spiro atoms. The standard InChI is InChI=1S/C8H10FN3O3S/c9-16(14,15)7-1-8(13)12(5-7)4-6-2-10-11-3-6/h2-3,7H,1,4-5H2,(H,10,11). The maximum absolute atomic E-state index is 12.7. The van der Waals surface area contributed by atoms with Crippen molar-refractivity contribution < 1.29 is 17.1 Å². The molecule has 6 nitrogen and oxygen atoms in total. The van der Waals surface area contributed by atoms with Gasteiger partial charge in [-0.25, -0.2) is 0 Å². The fourth-order valence-electron chi connectivity index (χ4n) is 1.66. The molecule has 1 amide bonds. The number of amides is 1. The first-order valence-corrected chi connectivity index (χ1v) is 6.10. The van der Waals surface area contributed by atoms with Crippen LogP contribution in [0.1, 0.15) is 12.0 Å². The number of hydrogen-bond donors (Lipinski definition) is 1. The Balaban J connectivity index is 2.06. The smallest absolute Gasteiger partial charge is 0.307 e. The Kier molecular flexibility index (Phi) is 2.66. The van der Waals surface area contributed by atoms with Crippen molar-refractivity contribution >= 4 is 16.1 Å². The van der Waals surface area contributed by atoms with Crippen molar-refractivity contribution in [2.75, 3.05) is 6.54 Å². The minimum absolute atomic E-state index is 0.0944. The summed E-state index contributed by atoms with van der Waals surface area (Å²) < 4.78 is 34.0. The highest BCUT2D eigenvalue weighted by atomic mass is 32.3. The van der Waals surface area contributed by atoms with Crippen LogP contribution in [-0.4, -0.2) is 41.2 Å². The highest BCUT2D eigenvalue weighted by Gasteiger charge is 2.38. The molecule has 0 radical (unpaired) electrons. The number of likely N-dealkylation sites (tertiary alicyclic amines) is 1. The molecule has 1 aliphatic rings. The van der Waals surface area contributed by atoms with Crippen LogP contribution in [0.3, 0.4) is 0 Å². The number of carbonyl (C=O) groups is 1. The van der Waals surface area contributed by atoms with Crippen molar-refractivity contribution in [3.63, 3.8) is 0 Å². The molecule has 0 aromatic carbocycles. The Hall–Kier alpha value is -1.44. The summed E-state index contributed by atoms with van der Waals surface area (Å²) in [5.74, 6) is -0.354. The number of nitrogens with one attached hydrogen (secondary N) is 1. The molecule has 1 fully saturated rings. The summed E-state index contributed by atoms with van der Waals surface area (Å²) in [7, 11) is -4.63. The Morgan fingerprint density at radius 2 is 2.38 bits per heavy atom. The van der Waals surface area contributed by atoms with E-state index in [4.69, 9.17) is 0 Å². The molecule has 2 rings (SSSR count). The minimum Gasteiger partial charge on any atom is -0.337 e. The summed E-state index contributed by atoms with van der Waals surface area (Å²) in [4.78, 5) is 12.7. The molecule has 1 atom stereocenters. The van der Waals surface area contributed by atoms with Gasteiger partial charge in [-0.3, -0.25) is 9.89 Å². The maximum Gasteiger partial charge on any atom is 0.307 e. The monoisotopic (exact) mass is 247 g/mol. The zero-order chi connectivity index (χ0) is 11.8. The van der Waals surface area contributed by atoms with Gasteiger partial charge in [0, 0.05) is 31.3 Å². The first-order valence-electron chi connectivity index (χ1n) is 4.65. The van der Waals surface area contributed by atoms with Crippen LogP contribution in [-0.2, 0) is 21.6 Å². The normalized spacial score (nSPS) is 21.7. The van der Waals surface area contributed by atoms with Crippen molar-refractivity contribution in [2.24, 2.45) is 0 Å². The van der Waals surface area contributed by atoms with E-state index >= 15 is 0 Å². The van der Waals surface area contributed by atoms with Gasteiger partial charge in [0.05, 0.1) is 6.20 Å². The second kappa shape index (κ2) is 3.85. The van der Waals surface area contributed by atoms with E-state index in [1.165, 1.54) is 11.1 Å². The van der Waals surface area contributed by atoms with Gasteiger partial charge >= 0.3 is 10.2 Å². The molecule has 8 heteroatoms. The van der Waals surface area contributed by atoms with Gasteiger partial charge < -0.3 is 4.90 Å². The van der Waals surface area contributed by atoms with Gasteiger partial charge in [0.1, 0.15) is 5.25 Å². The van der Waals surface area contributed by atoms with E-state index in [0.29, 0.717) is 0 Å². The van der Waals surface area contributed by atoms with Gasteiger partial charge in [-0.1, -0.05) is 0 Å². The van der Waals surface area contributed by atoms with E-state index < -0.39 is 15.5 Å². The van der Waals surface area contributed by atoms with Crippen molar-refractivity contribution in [1.82, 2.24) is 15.1 Å². The van der Waals surface area contributed by atoms with Gasteiger partial charge in [-0.05, 0) is 0 Å². The first kappa shape index (κ1) is 11.1. The quantitative estimate of drug-likeness (QED) is 0.750. The molecule has 1 N–H and O–H groups in total. The minimum atomic E-state index is -4.63. The number of hydrogen-bond acceptors (Lipinski definition) is 4. The van der Waals surface area contributed by atoms with Crippen LogP contribution in [0.4, 0.5) is 3.89 Å². The number of aromatic amines is 1. The van der Waals surface area contributed by atoms with Crippen LogP contribution < -0.4 is 0 Å². The maximum atomic E-state index is 12.7. The molecule has 1 aromatic heterocycles. The third kappa shape index (κ3) is 2.21. The fourth-order valence-corrected chi connectivity index (χ4v) is 2.36. The van der Waals surface area contributed by atoms with E-state index in [-0.39, 0.29) is 25.4 Å². The Labute approximate surface area is 91.7 Å². The second-order valence-corrected chi connectivity index (χ2v) is 5.30. The van der Waals surface area contributed by atoms with Crippen molar-refractivity contribution in [3.8, 4) is 0 Å². The molecule has 1 aromatic rings. The number of aromatic nitrogens is 2. The average Bonchev–Trinajstić information content (AvgIpc) is 2.76. The molecular formula is C8H10FN3O3S. The lowest BCUT2D eigenvalue weighted by atomic mass is 10.3. The number of carbonyl (C=O) groups excluding carboxylic acids is 1. The molecule has 0 aliphatic carbocycles. The predicted octanol–water partition coefficient (Wildman–Crippen LogP) is -0.190. The lowest BCUT2D eigenvalue weighted by Gasteiger charge is -2.14. The predicted molar refractivity (Wildman–Crippen MR) is 52.4 cm³/mol. The highest BCUT2D eigenvalue weighted by Crippen LogP contribution is 2.21. The van der Waals surface area contributed by atoms with E-state index in [1.807, 2.05) is 0 Å². The van der Waals surface area contributed by atoms with Crippen LogP contribution in [0.5, 0.6) is 0 Å². The van der Waals surface area contributed by atoms with Gasteiger partial charge in [-0.2, -0.15) is 13.5 Å². The van der Waals surface area contributed by atoms with E-state index in [1.54, 1.807) is 6.20 Å². The van der Waals surface area contributed by atoms with E-state index in [0.717, 1.165) is 5.56 Å². The van der Waals surface area contributed by atoms with Gasteiger partial charge in [-0.15, -0.1) is 3.89 Å².